The molecule has 22 heavy (non-hydrogen) atoms. The number of amides is 1. The largest absolute Gasteiger partial charge is 0.353 e. The minimum atomic E-state index is 0.0525. The zero-order valence-corrected chi connectivity index (χ0v) is 14.1. The maximum absolute atomic E-state index is 12.4. The van der Waals surface area contributed by atoms with Crippen molar-refractivity contribution in [2.75, 3.05) is 0 Å². The summed E-state index contributed by atoms with van der Waals surface area (Å²) in [6.45, 7) is 6.58. The van der Waals surface area contributed by atoms with Crippen molar-refractivity contribution in [3.8, 4) is 0 Å². The normalized spacial score (nSPS) is 23.8. The Balaban J connectivity index is 1.89. The van der Waals surface area contributed by atoms with Crippen LogP contribution >= 0.6 is 0 Å². The van der Waals surface area contributed by atoms with Gasteiger partial charge in [0.25, 0.3) is 0 Å². The summed E-state index contributed by atoms with van der Waals surface area (Å²) in [6, 6.07) is 10.9. The summed E-state index contributed by atoms with van der Waals surface area (Å²) in [7, 11) is 0. The van der Waals surface area contributed by atoms with E-state index in [9.17, 15) is 4.79 Å². The first-order chi connectivity index (χ1) is 10.4. The molecule has 1 aliphatic carbocycles. The molecule has 3 N–H and O–H groups in total. The molecule has 0 saturated heterocycles. The number of rotatable bonds is 5. The quantitative estimate of drug-likeness (QED) is 0.876. The third-order valence-electron chi connectivity index (χ3n) is 4.85. The van der Waals surface area contributed by atoms with E-state index in [4.69, 9.17) is 5.73 Å². The molecule has 2 rings (SSSR count). The van der Waals surface area contributed by atoms with Crippen LogP contribution in [0.3, 0.4) is 0 Å². The van der Waals surface area contributed by atoms with Gasteiger partial charge in [0.15, 0.2) is 0 Å². The fourth-order valence-corrected chi connectivity index (χ4v) is 3.65. The van der Waals surface area contributed by atoms with Gasteiger partial charge in [0.1, 0.15) is 0 Å². The molecule has 0 radical (unpaired) electrons. The molecule has 3 unspecified atom stereocenters. The second-order valence-corrected chi connectivity index (χ2v) is 7.49. The molecule has 3 nitrogen and oxygen atoms in total. The van der Waals surface area contributed by atoms with Gasteiger partial charge in [-0.15, -0.1) is 0 Å². The van der Waals surface area contributed by atoms with Gasteiger partial charge in [0, 0.05) is 18.0 Å². The zero-order chi connectivity index (χ0) is 16.2. The van der Waals surface area contributed by atoms with Crippen LogP contribution < -0.4 is 11.1 Å². The Morgan fingerprint density at radius 1 is 1.32 bits per heavy atom. The first-order valence-corrected chi connectivity index (χ1v) is 8.50. The Labute approximate surface area is 134 Å². The van der Waals surface area contributed by atoms with Crippen LogP contribution in [0.5, 0.6) is 0 Å². The van der Waals surface area contributed by atoms with Gasteiger partial charge in [0.2, 0.25) is 5.91 Å². The first kappa shape index (κ1) is 17.0. The Kier molecular flexibility index (Phi) is 5.63. The topological polar surface area (TPSA) is 55.1 Å². The molecule has 1 aromatic carbocycles. The highest BCUT2D eigenvalue weighted by molar-refractivity contribution is 5.79. The summed E-state index contributed by atoms with van der Waals surface area (Å²) in [6.07, 6.45) is 4.88. The van der Waals surface area contributed by atoms with Crippen LogP contribution in [-0.4, -0.2) is 18.0 Å². The van der Waals surface area contributed by atoms with Crippen molar-refractivity contribution in [3.63, 3.8) is 0 Å². The molecule has 0 heterocycles. The standard InChI is InChI=1S/C19H30N2O/c1-14(13-19(2,3)16-9-5-4-6-10-16)21-18(22)15-8-7-11-17(20)12-15/h4-6,9-10,14-15,17H,7-8,11-13,20H2,1-3H3,(H,21,22). The van der Waals surface area contributed by atoms with E-state index in [1.54, 1.807) is 0 Å². The van der Waals surface area contributed by atoms with Crippen LogP contribution in [0.25, 0.3) is 0 Å². The Hall–Kier alpha value is -1.35. The van der Waals surface area contributed by atoms with Crippen molar-refractivity contribution in [1.29, 1.82) is 0 Å². The molecular formula is C19H30N2O. The first-order valence-electron chi connectivity index (χ1n) is 8.50. The maximum atomic E-state index is 12.4. The number of nitrogens with two attached hydrogens (primary N) is 1. The third kappa shape index (κ3) is 4.57. The van der Waals surface area contributed by atoms with Crippen LogP contribution in [0.2, 0.25) is 0 Å². The number of carbonyl (C=O) groups is 1. The number of nitrogens with one attached hydrogen (secondary N) is 1. The highest BCUT2D eigenvalue weighted by Gasteiger charge is 2.28. The van der Waals surface area contributed by atoms with Crippen molar-refractivity contribution in [2.45, 2.75) is 70.4 Å². The van der Waals surface area contributed by atoms with E-state index >= 15 is 0 Å². The van der Waals surface area contributed by atoms with Crippen LogP contribution in [0.15, 0.2) is 30.3 Å². The van der Waals surface area contributed by atoms with Crippen molar-refractivity contribution >= 4 is 5.91 Å². The smallest absolute Gasteiger partial charge is 0.223 e. The van der Waals surface area contributed by atoms with Crippen LogP contribution in [0, 0.1) is 5.92 Å². The highest BCUT2D eigenvalue weighted by atomic mass is 16.1. The third-order valence-corrected chi connectivity index (χ3v) is 4.85. The van der Waals surface area contributed by atoms with Crippen molar-refractivity contribution in [3.05, 3.63) is 35.9 Å². The number of carbonyl (C=O) groups excluding carboxylic acids is 1. The summed E-state index contributed by atoms with van der Waals surface area (Å²) >= 11 is 0. The number of hydrogen-bond donors (Lipinski definition) is 2. The lowest BCUT2D eigenvalue weighted by Crippen LogP contribution is -2.43. The van der Waals surface area contributed by atoms with Crippen molar-refractivity contribution < 1.29 is 4.79 Å². The SMILES string of the molecule is CC(CC(C)(C)c1ccccc1)NC(=O)C1CCCC(N)C1. The minimum Gasteiger partial charge on any atom is -0.353 e. The molecule has 1 amide bonds. The van der Waals surface area contributed by atoms with Crippen LogP contribution in [0.1, 0.15) is 58.4 Å². The summed E-state index contributed by atoms with van der Waals surface area (Å²) < 4.78 is 0. The fraction of sp³-hybridized carbons (Fsp3) is 0.632. The van der Waals surface area contributed by atoms with Gasteiger partial charge in [-0.2, -0.15) is 0 Å². The van der Waals surface area contributed by atoms with E-state index in [1.807, 2.05) is 6.07 Å². The minimum absolute atomic E-state index is 0.0525. The highest BCUT2D eigenvalue weighted by Crippen LogP contribution is 2.29. The molecule has 1 saturated carbocycles. The van der Waals surface area contributed by atoms with E-state index in [2.05, 4.69) is 50.4 Å². The Bertz CT molecular complexity index is 483. The van der Waals surface area contributed by atoms with E-state index in [1.165, 1.54) is 5.56 Å². The lowest BCUT2D eigenvalue weighted by Gasteiger charge is -2.31. The summed E-state index contributed by atoms with van der Waals surface area (Å²) in [5.41, 5.74) is 7.36. The lowest BCUT2D eigenvalue weighted by molar-refractivity contribution is -0.126. The van der Waals surface area contributed by atoms with Gasteiger partial charge < -0.3 is 11.1 Å². The molecule has 0 aromatic heterocycles. The molecule has 3 heteroatoms. The molecule has 1 aromatic rings. The molecule has 0 bridgehead atoms. The number of hydrogen-bond acceptors (Lipinski definition) is 2. The van der Waals surface area contributed by atoms with Gasteiger partial charge in [0.05, 0.1) is 0 Å². The van der Waals surface area contributed by atoms with Crippen molar-refractivity contribution in [2.24, 2.45) is 11.7 Å². The monoisotopic (exact) mass is 302 g/mol. The Morgan fingerprint density at radius 2 is 2.00 bits per heavy atom. The predicted octanol–water partition coefficient (Wildman–Crippen LogP) is 3.38. The average Bonchev–Trinajstić information content (AvgIpc) is 2.47. The number of benzene rings is 1. The Morgan fingerprint density at radius 3 is 2.64 bits per heavy atom. The predicted molar refractivity (Wildman–Crippen MR) is 91.6 cm³/mol. The molecule has 122 valence electrons. The van der Waals surface area contributed by atoms with E-state index < -0.39 is 0 Å². The van der Waals surface area contributed by atoms with Gasteiger partial charge in [-0.25, -0.2) is 0 Å². The van der Waals surface area contributed by atoms with E-state index in [0.717, 1.165) is 32.1 Å². The van der Waals surface area contributed by atoms with Gasteiger partial charge in [-0.1, -0.05) is 50.6 Å². The molecular weight excluding hydrogens is 272 g/mol. The second kappa shape index (κ2) is 7.28. The second-order valence-electron chi connectivity index (χ2n) is 7.49. The van der Waals surface area contributed by atoms with E-state index in [0.29, 0.717) is 0 Å². The van der Waals surface area contributed by atoms with Gasteiger partial charge in [-0.3, -0.25) is 4.79 Å². The zero-order valence-electron chi connectivity index (χ0n) is 14.1. The maximum Gasteiger partial charge on any atom is 0.223 e. The van der Waals surface area contributed by atoms with Crippen LogP contribution in [0.4, 0.5) is 0 Å². The summed E-state index contributed by atoms with van der Waals surface area (Å²) in [5.74, 6) is 0.289. The molecule has 1 fully saturated rings. The lowest BCUT2D eigenvalue weighted by atomic mass is 9.79. The van der Waals surface area contributed by atoms with E-state index in [-0.39, 0.29) is 29.3 Å². The molecule has 0 aliphatic heterocycles. The van der Waals surface area contributed by atoms with Crippen molar-refractivity contribution in [1.82, 2.24) is 5.32 Å². The fourth-order valence-electron chi connectivity index (χ4n) is 3.65. The summed E-state index contributed by atoms with van der Waals surface area (Å²) in [5, 5.41) is 3.20. The molecule has 0 spiro atoms. The van der Waals surface area contributed by atoms with Gasteiger partial charge in [-0.05, 0) is 43.6 Å². The molecule has 1 aliphatic rings. The van der Waals surface area contributed by atoms with Crippen LogP contribution in [-0.2, 0) is 10.2 Å². The molecule has 3 atom stereocenters. The summed E-state index contributed by atoms with van der Waals surface area (Å²) in [4.78, 5) is 12.4. The average molecular weight is 302 g/mol. The van der Waals surface area contributed by atoms with Gasteiger partial charge >= 0.3 is 0 Å².